The number of nitro groups is 1. The summed E-state index contributed by atoms with van der Waals surface area (Å²) in [6, 6.07) is 4.19. The fraction of sp³-hybridized carbons (Fsp3) is 0.455. The van der Waals surface area contributed by atoms with Crippen LogP contribution in [0.4, 0.5) is 5.69 Å². The zero-order valence-corrected chi connectivity index (χ0v) is 10.1. The van der Waals surface area contributed by atoms with Crippen LogP contribution in [-0.2, 0) is 0 Å². The Kier molecular flexibility index (Phi) is 4.72. The van der Waals surface area contributed by atoms with Crippen molar-refractivity contribution in [3.8, 4) is 5.75 Å². The quantitative estimate of drug-likeness (QED) is 0.631. The first kappa shape index (κ1) is 13.7. The zero-order valence-electron chi connectivity index (χ0n) is 9.26. The van der Waals surface area contributed by atoms with E-state index in [2.05, 4.69) is 5.32 Å². The molecule has 0 unspecified atom stereocenters. The number of hydrogen-bond donors (Lipinski definition) is 2. The second-order valence-electron chi connectivity index (χ2n) is 4.00. The van der Waals surface area contributed by atoms with Crippen LogP contribution in [0.15, 0.2) is 18.2 Å². The maximum atomic E-state index is 10.9. The number of halogens is 1. The van der Waals surface area contributed by atoms with Crippen LogP contribution in [0.25, 0.3) is 0 Å². The van der Waals surface area contributed by atoms with Crippen LogP contribution in [-0.4, -0.2) is 16.6 Å². The van der Waals surface area contributed by atoms with E-state index in [1.165, 1.54) is 18.2 Å². The van der Waals surface area contributed by atoms with Crippen molar-refractivity contribution in [2.24, 2.45) is 0 Å². The Hall–Kier alpha value is -1.33. The van der Waals surface area contributed by atoms with Gasteiger partial charge < -0.3 is 10.4 Å². The fourth-order valence-electron chi connectivity index (χ4n) is 2.10. The van der Waals surface area contributed by atoms with E-state index in [-0.39, 0.29) is 29.9 Å². The number of hydrogen-bond acceptors (Lipinski definition) is 4. The number of nitro benzene ring substituents is 1. The molecule has 1 heterocycles. The lowest BCUT2D eigenvalue weighted by Gasteiger charge is -2.23. The van der Waals surface area contributed by atoms with Gasteiger partial charge in [-0.2, -0.15) is 0 Å². The van der Waals surface area contributed by atoms with E-state index in [0.717, 1.165) is 25.8 Å². The minimum atomic E-state index is -0.398. The van der Waals surface area contributed by atoms with Gasteiger partial charge in [0.1, 0.15) is 5.75 Å². The van der Waals surface area contributed by atoms with Crippen LogP contribution < -0.4 is 5.32 Å². The molecule has 1 atom stereocenters. The second kappa shape index (κ2) is 5.84. The van der Waals surface area contributed by atoms with Crippen LogP contribution in [0.5, 0.6) is 5.75 Å². The number of nitrogens with zero attached hydrogens (tertiary/aromatic N) is 1. The summed E-state index contributed by atoms with van der Waals surface area (Å²) in [6.45, 7) is 0.872. The highest BCUT2D eigenvalue weighted by Crippen LogP contribution is 2.32. The van der Waals surface area contributed by atoms with Crippen LogP contribution in [0.1, 0.15) is 30.9 Å². The first-order valence-electron chi connectivity index (χ1n) is 5.39. The third-order valence-electron chi connectivity index (χ3n) is 2.89. The maximum absolute atomic E-state index is 10.9. The van der Waals surface area contributed by atoms with Gasteiger partial charge in [-0.3, -0.25) is 10.1 Å². The molecule has 0 aromatic heterocycles. The van der Waals surface area contributed by atoms with Gasteiger partial charge >= 0.3 is 0 Å². The second-order valence-corrected chi connectivity index (χ2v) is 4.00. The number of phenols is 1. The molecule has 1 aliphatic heterocycles. The van der Waals surface area contributed by atoms with E-state index >= 15 is 0 Å². The van der Waals surface area contributed by atoms with Crippen LogP contribution in [0, 0.1) is 10.1 Å². The minimum Gasteiger partial charge on any atom is -0.508 e. The molecule has 0 bridgehead atoms. The summed E-state index contributed by atoms with van der Waals surface area (Å²) >= 11 is 0. The van der Waals surface area contributed by atoms with E-state index in [4.69, 9.17) is 0 Å². The highest BCUT2D eigenvalue weighted by atomic mass is 35.5. The van der Waals surface area contributed by atoms with Crippen molar-refractivity contribution in [3.05, 3.63) is 33.9 Å². The first-order chi connectivity index (χ1) is 7.68. The molecule has 1 fully saturated rings. The third-order valence-corrected chi connectivity index (χ3v) is 2.89. The van der Waals surface area contributed by atoms with Crippen molar-refractivity contribution in [2.75, 3.05) is 6.54 Å². The molecule has 2 rings (SSSR count). The fourth-order valence-corrected chi connectivity index (χ4v) is 2.10. The van der Waals surface area contributed by atoms with Crippen molar-refractivity contribution in [1.29, 1.82) is 0 Å². The Balaban J connectivity index is 0.00000144. The summed E-state index contributed by atoms with van der Waals surface area (Å²) in [4.78, 5) is 10.5. The molecule has 17 heavy (non-hydrogen) atoms. The molecule has 94 valence electrons. The maximum Gasteiger partial charge on any atom is 0.274 e. The summed E-state index contributed by atoms with van der Waals surface area (Å²) in [5.74, 6) is 0.0768. The lowest BCUT2D eigenvalue weighted by atomic mass is 9.96. The predicted octanol–water partition coefficient (Wildman–Crippen LogP) is 2.54. The average Bonchev–Trinajstić information content (AvgIpc) is 2.29. The summed E-state index contributed by atoms with van der Waals surface area (Å²) in [5, 5.41) is 23.5. The van der Waals surface area contributed by atoms with Gasteiger partial charge in [-0.1, -0.05) is 6.42 Å². The van der Waals surface area contributed by atoms with Crippen molar-refractivity contribution in [1.82, 2.24) is 5.32 Å². The topological polar surface area (TPSA) is 75.4 Å². The van der Waals surface area contributed by atoms with Gasteiger partial charge in [0.2, 0.25) is 0 Å². The largest absolute Gasteiger partial charge is 0.508 e. The Morgan fingerprint density at radius 3 is 2.76 bits per heavy atom. The van der Waals surface area contributed by atoms with Gasteiger partial charge in [0.05, 0.1) is 10.5 Å². The van der Waals surface area contributed by atoms with Gasteiger partial charge in [0.25, 0.3) is 5.69 Å². The summed E-state index contributed by atoms with van der Waals surface area (Å²) in [5.41, 5.74) is 0.668. The molecule has 2 N–H and O–H groups in total. The summed E-state index contributed by atoms with van der Waals surface area (Å²) < 4.78 is 0. The lowest BCUT2D eigenvalue weighted by molar-refractivity contribution is -0.385. The van der Waals surface area contributed by atoms with E-state index in [1.54, 1.807) is 0 Å². The van der Waals surface area contributed by atoms with Gasteiger partial charge in [-0.25, -0.2) is 0 Å². The van der Waals surface area contributed by atoms with Crippen LogP contribution >= 0.6 is 12.4 Å². The van der Waals surface area contributed by atoms with Crippen molar-refractivity contribution >= 4 is 18.1 Å². The molecule has 1 aromatic rings. The van der Waals surface area contributed by atoms with E-state index in [9.17, 15) is 15.2 Å². The number of benzene rings is 1. The monoisotopic (exact) mass is 258 g/mol. The zero-order chi connectivity index (χ0) is 11.5. The first-order valence-corrected chi connectivity index (χ1v) is 5.39. The standard InChI is InChI=1S/C11H14N2O3.ClH/c14-8-4-5-11(13(15)16)9(7-8)10-3-1-2-6-12-10;/h4-5,7,10,12,14H,1-3,6H2;1H/t10-;/m1./s1. The molecular weight excluding hydrogens is 244 g/mol. The normalized spacial score (nSPS) is 19.4. The molecule has 1 aromatic carbocycles. The molecule has 6 heteroatoms. The number of phenolic OH excluding ortho intramolecular Hbond substituents is 1. The molecule has 0 radical (unpaired) electrons. The van der Waals surface area contributed by atoms with Crippen molar-refractivity contribution in [2.45, 2.75) is 25.3 Å². The average molecular weight is 259 g/mol. The Morgan fingerprint density at radius 2 is 2.18 bits per heavy atom. The Bertz CT molecular complexity index is 406. The van der Waals surface area contributed by atoms with Gasteiger partial charge in [0.15, 0.2) is 0 Å². The van der Waals surface area contributed by atoms with E-state index in [0.29, 0.717) is 5.56 Å². The van der Waals surface area contributed by atoms with Crippen molar-refractivity contribution < 1.29 is 10.0 Å². The van der Waals surface area contributed by atoms with Gasteiger partial charge in [-0.05, 0) is 31.5 Å². The highest BCUT2D eigenvalue weighted by molar-refractivity contribution is 5.85. The van der Waals surface area contributed by atoms with Gasteiger partial charge in [-0.15, -0.1) is 12.4 Å². The minimum absolute atomic E-state index is 0. The number of nitrogens with one attached hydrogen (secondary N) is 1. The predicted molar refractivity (Wildman–Crippen MR) is 66.6 cm³/mol. The molecule has 0 amide bonds. The third kappa shape index (κ3) is 3.08. The van der Waals surface area contributed by atoms with E-state index in [1.807, 2.05) is 0 Å². The lowest BCUT2D eigenvalue weighted by Crippen LogP contribution is -2.27. The van der Waals surface area contributed by atoms with Gasteiger partial charge in [0, 0.05) is 12.1 Å². The Labute approximate surface area is 105 Å². The smallest absolute Gasteiger partial charge is 0.274 e. The summed E-state index contributed by atoms with van der Waals surface area (Å²) in [7, 11) is 0. The van der Waals surface area contributed by atoms with Crippen LogP contribution in [0.2, 0.25) is 0 Å². The number of piperidine rings is 1. The molecular formula is C11H15ClN2O3. The molecule has 1 aliphatic rings. The number of aromatic hydroxyl groups is 1. The molecule has 0 aliphatic carbocycles. The SMILES string of the molecule is Cl.O=[N+]([O-])c1ccc(O)cc1[C@H]1CCCCN1. The highest BCUT2D eigenvalue weighted by Gasteiger charge is 2.23. The van der Waals surface area contributed by atoms with Crippen molar-refractivity contribution in [3.63, 3.8) is 0 Å². The number of rotatable bonds is 2. The van der Waals surface area contributed by atoms with E-state index < -0.39 is 4.92 Å². The summed E-state index contributed by atoms with van der Waals surface area (Å²) in [6.07, 6.45) is 3.04. The van der Waals surface area contributed by atoms with Crippen LogP contribution in [0.3, 0.4) is 0 Å². The molecule has 1 saturated heterocycles. The Morgan fingerprint density at radius 1 is 1.41 bits per heavy atom. The molecule has 0 saturated carbocycles. The molecule has 0 spiro atoms. The molecule has 5 nitrogen and oxygen atoms in total.